The summed E-state index contributed by atoms with van der Waals surface area (Å²) in [5.74, 6) is 0. The van der Waals surface area contributed by atoms with Crippen LogP contribution in [0.1, 0.15) is 65.6 Å². The van der Waals surface area contributed by atoms with E-state index in [1.165, 1.54) is 44.5 Å². The standard InChI is InChI=1S/2C17H15.2ClH.Zr/c2*1-12-7-9-14(10-8-12)17-11-15-5-3-4-6-16(15)13(17)2;;;/h2*3-11H,1-2H3;2*1H;/q;;;;+2/p-2. The first kappa shape index (κ1) is 27.8. The minimum absolute atomic E-state index is 0. The summed E-state index contributed by atoms with van der Waals surface area (Å²) in [6.45, 7) is 9.05. The first-order valence-corrected chi connectivity index (χ1v) is 15.4. The molecule has 0 fully saturated rings. The molecule has 0 bridgehead atoms. The van der Waals surface area contributed by atoms with Gasteiger partial charge in [0.15, 0.2) is 0 Å². The SMILES string of the molecule is CC1=C(c2ccc(C)cc2)[CH]([Zr+2][CH]2C(c3ccc(C)cc3)=C(C)c3ccccc32)c2ccccc21.[Cl-].[Cl-]. The van der Waals surface area contributed by atoms with Crippen LogP contribution in [-0.4, -0.2) is 0 Å². The predicted octanol–water partition coefficient (Wildman–Crippen LogP) is 3.06. The molecule has 2 aliphatic carbocycles. The van der Waals surface area contributed by atoms with E-state index in [-0.39, 0.29) is 24.8 Å². The molecule has 0 N–H and O–H groups in total. The summed E-state index contributed by atoms with van der Waals surface area (Å²) in [7, 11) is 0. The Balaban J connectivity index is 0.00000160. The van der Waals surface area contributed by atoms with Crippen LogP contribution >= 0.6 is 0 Å². The van der Waals surface area contributed by atoms with Crippen LogP contribution in [0.3, 0.4) is 0 Å². The molecule has 3 heteroatoms. The van der Waals surface area contributed by atoms with Crippen molar-refractivity contribution in [2.24, 2.45) is 0 Å². The summed E-state index contributed by atoms with van der Waals surface area (Å²) >= 11 is -1.02. The van der Waals surface area contributed by atoms with Crippen LogP contribution in [-0.2, 0) is 23.2 Å². The van der Waals surface area contributed by atoms with Crippen molar-refractivity contribution in [1.82, 2.24) is 0 Å². The topological polar surface area (TPSA) is 0 Å². The van der Waals surface area contributed by atoms with Gasteiger partial charge in [-0.05, 0) is 0 Å². The van der Waals surface area contributed by atoms with Crippen molar-refractivity contribution in [2.45, 2.75) is 34.9 Å². The molecule has 0 nitrogen and oxygen atoms in total. The van der Waals surface area contributed by atoms with Crippen molar-refractivity contribution < 1.29 is 48.0 Å². The molecule has 184 valence electrons. The monoisotopic (exact) mass is 598 g/mol. The molecule has 2 unspecified atom stereocenters. The zero-order valence-corrected chi connectivity index (χ0v) is 25.6. The smallest absolute Gasteiger partial charge is 1.00 e. The van der Waals surface area contributed by atoms with Gasteiger partial charge in [0, 0.05) is 0 Å². The number of benzene rings is 4. The fraction of sp³-hybridized carbons (Fsp3) is 0.176. The maximum absolute atomic E-state index is 2.40. The predicted molar refractivity (Wildman–Crippen MR) is 146 cm³/mol. The van der Waals surface area contributed by atoms with E-state index in [2.05, 4.69) is 125 Å². The normalized spacial score (nSPS) is 17.5. The largest absolute Gasteiger partial charge is 1.00 e. The molecular formula is C34H30Cl2Zr. The molecule has 0 radical (unpaired) electrons. The maximum atomic E-state index is 2.40. The summed E-state index contributed by atoms with van der Waals surface area (Å²) in [6, 6.07) is 36.8. The van der Waals surface area contributed by atoms with E-state index in [1.54, 1.807) is 22.3 Å². The Labute approximate surface area is 245 Å². The van der Waals surface area contributed by atoms with Gasteiger partial charge in [-0.1, -0.05) is 0 Å². The first-order chi connectivity index (χ1) is 17.0. The maximum Gasteiger partial charge on any atom is -1.00 e. The van der Waals surface area contributed by atoms with E-state index in [4.69, 9.17) is 0 Å². The van der Waals surface area contributed by atoms with Crippen molar-refractivity contribution in [3.05, 3.63) is 142 Å². The van der Waals surface area contributed by atoms with Crippen molar-refractivity contribution >= 4 is 22.3 Å². The number of aryl methyl sites for hydroxylation is 2. The Morgan fingerprint density at radius 3 is 1.19 bits per heavy atom. The van der Waals surface area contributed by atoms with E-state index in [9.17, 15) is 0 Å². The average molecular weight is 601 g/mol. The molecule has 0 saturated heterocycles. The second kappa shape index (κ2) is 11.3. The summed E-state index contributed by atoms with van der Waals surface area (Å²) in [5, 5.41) is 0. The minimum Gasteiger partial charge on any atom is -1.00 e. The Morgan fingerprint density at radius 1 is 0.459 bits per heavy atom. The third-order valence-electron chi connectivity index (χ3n) is 7.80. The van der Waals surface area contributed by atoms with Crippen molar-refractivity contribution in [3.8, 4) is 0 Å². The fourth-order valence-corrected chi connectivity index (χ4v) is 11.6. The van der Waals surface area contributed by atoms with E-state index >= 15 is 0 Å². The van der Waals surface area contributed by atoms with Gasteiger partial charge in [-0.3, -0.25) is 0 Å². The quantitative estimate of drug-likeness (QED) is 0.338. The summed E-state index contributed by atoms with van der Waals surface area (Å²) < 4.78 is 1.09. The van der Waals surface area contributed by atoms with Crippen molar-refractivity contribution in [3.63, 3.8) is 0 Å². The average Bonchev–Trinajstić information content (AvgIpc) is 3.32. The van der Waals surface area contributed by atoms with Gasteiger partial charge in [0.05, 0.1) is 0 Å². The Morgan fingerprint density at radius 2 is 0.811 bits per heavy atom. The van der Waals surface area contributed by atoms with Crippen LogP contribution in [0.4, 0.5) is 0 Å². The Kier molecular flexibility index (Phi) is 8.49. The molecule has 4 aromatic rings. The Bertz CT molecular complexity index is 1380. The molecule has 6 rings (SSSR count). The summed E-state index contributed by atoms with van der Waals surface area (Å²) in [4.78, 5) is 0. The second-order valence-electron chi connectivity index (χ2n) is 10.0. The van der Waals surface area contributed by atoms with Crippen LogP contribution in [0, 0.1) is 13.8 Å². The van der Waals surface area contributed by atoms with Gasteiger partial charge in [0.1, 0.15) is 0 Å². The molecule has 0 spiro atoms. The summed E-state index contributed by atoms with van der Waals surface area (Å²) in [5.41, 5.74) is 17.6. The van der Waals surface area contributed by atoms with Crippen LogP contribution in [0.5, 0.6) is 0 Å². The molecule has 0 amide bonds. The van der Waals surface area contributed by atoms with E-state index in [0.717, 1.165) is 0 Å². The molecule has 0 aromatic heterocycles. The van der Waals surface area contributed by atoms with Gasteiger partial charge >= 0.3 is 222 Å². The zero-order valence-electron chi connectivity index (χ0n) is 21.6. The first-order valence-electron chi connectivity index (χ1n) is 12.5. The summed E-state index contributed by atoms with van der Waals surface area (Å²) in [6.07, 6.45) is 0. The van der Waals surface area contributed by atoms with Gasteiger partial charge in [0.2, 0.25) is 0 Å². The van der Waals surface area contributed by atoms with Crippen LogP contribution < -0.4 is 24.8 Å². The molecule has 0 heterocycles. The minimum atomic E-state index is -1.02. The van der Waals surface area contributed by atoms with Crippen molar-refractivity contribution in [1.29, 1.82) is 0 Å². The Hall–Kier alpha value is -2.18. The molecular weight excluding hydrogens is 571 g/mol. The van der Waals surface area contributed by atoms with Crippen LogP contribution in [0.2, 0.25) is 0 Å². The number of fused-ring (bicyclic) bond motifs is 2. The molecule has 0 saturated carbocycles. The number of hydrogen-bond donors (Lipinski definition) is 0. The second-order valence-corrected chi connectivity index (χ2v) is 13.7. The van der Waals surface area contributed by atoms with E-state index < -0.39 is 23.2 Å². The van der Waals surface area contributed by atoms with Crippen molar-refractivity contribution in [2.75, 3.05) is 0 Å². The third kappa shape index (κ3) is 4.87. The fourth-order valence-electron chi connectivity index (χ4n) is 5.96. The number of rotatable bonds is 4. The molecule has 2 aliphatic rings. The molecule has 37 heavy (non-hydrogen) atoms. The molecule has 2 atom stereocenters. The molecule has 0 aliphatic heterocycles. The van der Waals surface area contributed by atoms with Gasteiger partial charge in [-0.25, -0.2) is 0 Å². The van der Waals surface area contributed by atoms with Gasteiger partial charge in [0.25, 0.3) is 0 Å². The van der Waals surface area contributed by atoms with Crippen LogP contribution in [0.15, 0.2) is 97.1 Å². The van der Waals surface area contributed by atoms with Gasteiger partial charge < -0.3 is 24.8 Å². The van der Waals surface area contributed by atoms with Gasteiger partial charge in [-0.15, -0.1) is 0 Å². The van der Waals surface area contributed by atoms with E-state index in [0.29, 0.717) is 7.25 Å². The van der Waals surface area contributed by atoms with Crippen LogP contribution in [0.25, 0.3) is 22.3 Å². The zero-order chi connectivity index (χ0) is 24.1. The third-order valence-corrected chi connectivity index (χ3v) is 12.4. The molecule has 4 aromatic carbocycles. The number of hydrogen-bond acceptors (Lipinski definition) is 0. The number of halogens is 2. The number of allylic oxidation sites excluding steroid dienone is 4. The van der Waals surface area contributed by atoms with Gasteiger partial charge in [-0.2, -0.15) is 0 Å². The van der Waals surface area contributed by atoms with E-state index in [1.807, 2.05) is 0 Å².